The summed E-state index contributed by atoms with van der Waals surface area (Å²) in [4.78, 5) is 14.3. The van der Waals surface area contributed by atoms with E-state index in [2.05, 4.69) is 24.1 Å². The molecule has 0 aromatic heterocycles. The fourth-order valence-corrected chi connectivity index (χ4v) is 3.35. The van der Waals surface area contributed by atoms with Gasteiger partial charge in [-0.2, -0.15) is 0 Å². The van der Waals surface area contributed by atoms with Crippen molar-refractivity contribution in [1.82, 2.24) is 10.2 Å². The molecule has 1 unspecified atom stereocenters. The summed E-state index contributed by atoms with van der Waals surface area (Å²) >= 11 is 1.82. The molecular formula is C12H22N2OS. The zero-order valence-corrected chi connectivity index (χ0v) is 11.1. The van der Waals surface area contributed by atoms with Crippen LogP contribution in [0.4, 0.5) is 0 Å². The quantitative estimate of drug-likeness (QED) is 0.759. The number of hydrogen-bond acceptors (Lipinski definition) is 3. The second-order valence-corrected chi connectivity index (χ2v) is 6.65. The van der Waals surface area contributed by atoms with Gasteiger partial charge in [-0.1, -0.05) is 13.8 Å². The van der Waals surface area contributed by atoms with Crippen molar-refractivity contribution in [1.29, 1.82) is 0 Å². The molecule has 4 heteroatoms. The van der Waals surface area contributed by atoms with Crippen LogP contribution < -0.4 is 5.32 Å². The van der Waals surface area contributed by atoms with E-state index in [0.29, 0.717) is 11.3 Å². The molecule has 2 aliphatic heterocycles. The lowest BCUT2D eigenvalue weighted by molar-refractivity contribution is -0.132. The Kier molecular flexibility index (Phi) is 3.80. The second-order valence-electron chi connectivity index (χ2n) is 5.61. The maximum atomic E-state index is 12.2. The molecular weight excluding hydrogens is 220 g/mol. The number of carbonyl (C=O) groups excluding carboxylic acids is 1. The number of nitrogens with zero attached hydrogens (tertiary/aromatic N) is 1. The third-order valence-electron chi connectivity index (χ3n) is 3.67. The van der Waals surface area contributed by atoms with Crippen LogP contribution in [0.2, 0.25) is 0 Å². The Morgan fingerprint density at radius 1 is 1.38 bits per heavy atom. The summed E-state index contributed by atoms with van der Waals surface area (Å²) < 4.78 is 0. The molecule has 2 fully saturated rings. The molecule has 2 aliphatic rings. The van der Waals surface area contributed by atoms with Crippen molar-refractivity contribution in [2.75, 3.05) is 24.7 Å². The van der Waals surface area contributed by atoms with Crippen molar-refractivity contribution in [3.05, 3.63) is 0 Å². The molecule has 2 heterocycles. The summed E-state index contributed by atoms with van der Waals surface area (Å²) in [6.45, 7) is 6.51. The minimum atomic E-state index is 0.0752. The van der Waals surface area contributed by atoms with Gasteiger partial charge >= 0.3 is 0 Å². The van der Waals surface area contributed by atoms with Crippen LogP contribution in [0.3, 0.4) is 0 Å². The molecule has 0 saturated carbocycles. The normalized spacial score (nSPS) is 30.1. The Hall–Kier alpha value is -0.220. The van der Waals surface area contributed by atoms with E-state index in [9.17, 15) is 4.79 Å². The summed E-state index contributed by atoms with van der Waals surface area (Å²) in [5.41, 5.74) is 0.410. The van der Waals surface area contributed by atoms with Gasteiger partial charge in [0.15, 0.2) is 0 Å². The van der Waals surface area contributed by atoms with Crippen molar-refractivity contribution in [3.8, 4) is 0 Å². The maximum Gasteiger partial charge on any atom is 0.240 e. The summed E-state index contributed by atoms with van der Waals surface area (Å²) in [6, 6.07) is 0.0752. The van der Waals surface area contributed by atoms with Crippen molar-refractivity contribution in [2.24, 2.45) is 5.41 Å². The number of nitrogens with one attached hydrogen (secondary N) is 1. The van der Waals surface area contributed by atoms with Crippen LogP contribution >= 0.6 is 11.8 Å². The highest BCUT2D eigenvalue weighted by Crippen LogP contribution is 2.30. The number of hydrogen-bond donors (Lipinski definition) is 1. The molecule has 3 nitrogen and oxygen atoms in total. The summed E-state index contributed by atoms with van der Waals surface area (Å²) in [5.74, 6) is 2.19. The van der Waals surface area contributed by atoms with Gasteiger partial charge in [0.05, 0.1) is 6.04 Å². The van der Waals surface area contributed by atoms with Gasteiger partial charge < -0.3 is 4.90 Å². The van der Waals surface area contributed by atoms with Gasteiger partial charge in [-0.3, -0.25) is 10.1 Å². The van der Waals surface area contributed by atoms with E-state index in [0.717, 1.165) is 37.6 Å². The number of rotatable bonds is 1. The topological polar surface area (TPSA) is 32.3 Å². The van der Waals surface area contributed by atoms with Crippen LogP contribution in [0, 0.1) is 5.41 Å². The zero-order valence-electron chi connectivity index (χ0n) is 10.3. The van der Waals surface area contributed by atoms with E-state index in [4.69, 9.17) is 0 Å². The lowest BCUT2D eigenvalue weighted by atomic mass is 9.85. The van der Waals surface area contributed by atoms with E-state index in [1.807, 2.05) is 11.8 Å². The lowest BCUT2D eigenvalue weighted by Crippen LogP contribution is -2.45. The van der Waals surface area contributed by atoms with Crippen molar-refractivity contribution < 1.29 is 4.79 Å². The molecule has 1 amide bonds. The second kappa shape index (κ2) is 4.96. The molecule has 0 aromatic rings. The first kappa shape index (κ1) is 12.2. The molecule has 2 saturated heterocycles. The molecule has 0 spiro atoms. The molecule has 1 atom stereocenters. The molecule has 0 bridgehead atoms. The highest BCUT2D eigenvalue weighted by molar-refractivity contribution is 7.99. The zero-order chi connectivity index (χ0) is 11.6. The molecule has 16 heavy (non-hydrogen) atoms. The minimum absolute atomic E-state index is 0.0752. The number of amides is 1. The minimum Gasteiger partial charge on any atom is -0.341 e. The highest BCUT2D eigenvalue weighted by Gasteiger charge is 2.30. The Labute approximate surface area is 102 Å². The van der Waals surface area contributed by atoms with Gasteiger partial charge in [0.1, 0.15) is 0 Å². The third-order valence-corrected chi connectivity index (χ3v) is 4.61. The molecule has 2 rings (SSSR count). The number of likely N-dealkylation sites (tertiary alicyclic amines) is 1. The fourth-order valence-electron chi connectivity index (χ4n) is 2.42. The predicted molar refractivity (Wildman–Crippen MR) is 68.5 cm³/mol. The SMILES string of the molecule is CC1(C)CCCN(C(=O)C2CSCN2)CC1. The van der Waals surface area contributed by atoms with Gasteiger partial charge in [0.2, 0.25) is 5.91 Å². The largest absolute Gasteiger partial charge is 0.341 e. The first-order valence-corrected chi connectivity index (χ1v) is 7.34. The molecule has 92 valence electrons. The Balaban J connectivity index is 1.91. The third kappa shape index (κ3) is 2.92. The van der Waals surface area contributed by atoms with Crippen LogP contribution in [0.1, 0.15) is 33.1 Å². The Morgan fingerprint density at radius 2 is 2.19 bits per heavy atom. The first-order valence-electron chi connectivity index (χ1n) is 6.18. The molecule has 0 aromatic carbocycles. The van der Waals surface area contributed by atoms with Gasteiger partial charge in [0, 0.05) is 24.7 Å². The number of thioether (sulfide) groups is 1. The van der Waals surface area contributed by atoms with Gasteiger partial charge in [-0.25, -0.2) is 0 Å². The van der Waals surface area contributed by atoms with Crippen LogP contribution in [0.5, 0.6) is 0 Å². The smallest absolute Gasteiger partial charge is 0.240 e. The van der Waals surface area contributed by atoms with E-state index in [1.165, 1.54) is 6.42 Å². The van der Waals surface area contributed by atoms with Gasteiger partial charge in [0.25, 0.3) is 0 Å². The van der Waals surface area contributed by atoms with Crippen LogP contribution in [-0.4, -0.2) is 41.6 Å². The van der Waals surface area contributed by atoms with Crippen molar-refractivity contribution in [3.63, 3.8) is 0 Å². The molecule has 0 aliphatic carbocycles. The van der Waals surface area contributed by atoms with E-state index in [-0.39, 0.29) is 6.04 Å². The van der Waals surface area contributed by atoms with Crippen LogP contribution in [0.15, 0.2) is 0 Å². The Bertz CT molecular complexity index is 262. The average Bonchev–Trinajstić information content (AvgIpc) is 2.69. The highest BCUT2D eigenvalue weighted by atomic mass is 32.2. The Morgan fingerprint density at radius 3 is 2.88 bits per heavy atom. The van der Waals surface area contributed by atoms with Crippen LogP contribution in [-0.2, 0) is 4.79 Å². The molecule has 1 N–H and O–H groups in total. The number of carbonyl (C=O) groups is 1. The summed E-state index contributed by atoms with van der Waals surface area (Å²) in [5, 5.41) is 3.27. The van der Waals surface area contributed by atoms with Crippen LogP contribution in [0.25, 0.3) is 0 Å². The maximum absolute atomic E-state index is 12.2. The van der Waals surface area contributed by atoms with E-state index in [1.54, 1.807) is 0 Å². The van der Waals surface area contributed by atoms with Crippen molar-refractivity contribution >= 4 is 17.7 Å². The fraction of sp³-hybridized carbons (Fsp3) is 0.917. The van der Waals surface area contributed by atoms with Crippen molar-refractivity contribution in [2.45, 2.75) is 39.2 Å². The standard InChI is InChI=1S/C12H22N2OS/c1-12(2)4-3-6-14(7-5-12)11(15)10-8-16-9-13-10/h10,13H,3-9H2,1-2H3. The van der Waals surface area contributed by atoms with E-state index < -0.39 is 0 Å². The lowest BCUT2D eigenvalue weighted by Gasteiger charge is -2.25. The summed E-state index contributed by atoms with van der Waals surface area (Å²) in [7, 11) is 0. The predicted octanol–water partition coefficient (Wildman–Crippen LogP) is 1.69. The van der Waals surface area contributed by atoms with Gasteiger partial charge in [-0.05, 0) is 24.7 Å². The van der Waals surface area contributed by atoms with Gasteiger partial charge in [-0.15, -0.1) is 11.8 Å². The average molecular weight is 242 g/mol. The first-order chi connectivity index (χ1) is 7.58. The van der Waals surface area contributed by atoms with E-state index >= 15 is 0 Å². The summed E-state index contributed by atoms with van der Waals surface area (Å²) in [6.07, 6.45) is 3.53. The molecule has 0 radical (unpaired) electrons. The monoisotopic (exact) mass is 242 g/mol.